The number of aliphatic carboxylic acids is 2. The fourth-order valence-electron chi connectivity index (χ4n) is 6.81. The van der Waals surface area contributed by atoms with E-state index in [1.165, 1.54) is 0 Å². The topological polar surface area (TPSA) is 133 Å². The van der Waals surface area contributed by atoms with Crippen LogP contribution in [0.5, 0.6) is 0 Å². The summed E-state index contributed by atoms with van der Waals surface area (Å²) < 4.78 is 0. The number of rotatable bonds is 7. The van der Waals surface area contributed by atoms with Crippen LogP contribution < -0.4 is 10.6 Å². The summed E-state index contributed by atoms with van der Waals surface area (Å²) in [6.45, 7) is 1.99. The lowest BCUT2D eigenvalue weighted by atomic mass is 9.78. The van der Waals surface area contributed by atoms with Crippen LogP contribution in [0.4, 0.5) is 0 Å². The van der Waals surface area contributed by atoms with Gasteiger partial charge in [0, 0.05) is 12.6 Å². The summed E-state index contributed by atoms with van der Waals surface area (Å²) in [5, 5.41) is 24.7. The molecule has 4 saturated carbocycles. The number of carboxylic acid groups (broad SMARTS) is 2. The predicted octanol–water partition coefficient (Wildman–Crippen LogP) is 1.10. The number of nitrogens with one attached hydrogen (secondary N) is 2. The van der Waals surface area contributed by atoms with Gasteiger partial charge >= 0.3 is 11.9 Å². The molecule has 4 N–H and O–H groups in total. The highest BCUT2D eigenvalue weighted by molar-refractivity contribution is 5.87. The van der Waals surface area contributed by atoms with Crippen LogP contribution in [-0.2, 0) is 19.2 Å². The molecule has 0 radical (unpaired) electrons. The molecule has 4 bridgehead atoms. The molecule has 4 rings (SSSR count). The van der Waals surface area contributed by atoms with E-state index in [1.54, 1.807) is 6.92 Å². The summed E-state index contributed by atoms with van der Waals surface area (Å²) in [5.74, 6) is -4.02. The molecule has 9 atom stereocenters. The second-order valence-corrected chi connectivity index (χ2v) is 9.60. The monoisotopic (exact) mass is 406 g/mol. The largest absolute Gasteiger partial charge is 0.481 e. The molecular weight excluding hydrogens is 376 g/mol. The van der Waals surface area contributed by atoms with E-state index in [0.29, 0.717) is 0 Å². The summed E-state index contributed by atoms with van der Waals surface area (Å²) in [4.78, 5) is 48.6. The van der Waals surface area contributed by atoms with Crippen LogP contribution in [0.2, 0.25) is 0 Å². The van der Waals surface area contributed by atoms with Gasteiger partial charge in [0.15, 0.2) is 0 Å². The number of hydrogen-bond donors (Lipinski definition) is 4. The molecule has 0 aromatic heterocycles. The van der Waals surface area contributed by atoms with Crippen LogP contribution in [0.25, 0.3) is 0 Å². The first kappa shape index (κ1) is 20.2. The van der Waals surface area contributed by atoms with Crippen molar-refractivity contribution in [1.29, 1.82) is 0 Å². The normalized spacial score (nSPS) is 40.6. The molecule has 8 heteroatoms. The number of fused-ring (bicyclic) bond motifs is 4. The first-order valence-corrected chi connectivity index (χ1v) is 10.8. The van der Waals surface area contributed by atoms with Crippen molar-refractivity contribution in [3.63, 3.8) is 0 Å². The Morgan fingerprint density at radius 2 is 1.17 bits per heavy atom. The van der Waals surface area contributed by atoms with Gasteiger partial charge in [-0.25, -0.2) is 0 Å². The zero-order chi connectivity index (χ0) is 20.9. The van der Waals surface area contributed by atoms with Crippen molar-refractivity contribution in [3.05, 3.63) is 0 Å². The Morgan fingerprint density at radius 1 is 0.759 bits per heavy atom. The van der Waals surface area contributed by atoms with Crippen LogP contribution in [0.1, 0.15) is 45.4 Å². The standard InChI is InChI=1S/C21H30N2O6/c1-9(23-19(25)15-11-3-5-13(7-11)17(15)21(28)29)8-22-18(24)14-10-2-4-12(6-10)16(14)20(26)27/h9-17H,2-8H2,1H3,(H,22,24)(H,23,25)(H,26,27)(H,28,29)/t9-,10+,11+,12+,13+,14-,15+,16+,17-/m1/s1. The Bertz CT molecular complexity index is 724. The van der Waals surface area contributed by atoms with Gasteiger partial charge in [0.2, 0.25) is 11.8 Å². The van der Waals surface area contributed by atoms with Gasteiger partial charge in [-0.3, -0.25) is 19.2 Å². The maximum atomic E-state index is 12.7. The molecule has 4 aliphatic carbocycles. The summed E-state index contributed by atoms with van der Waals surface area (Å²) in [7, 11) is 0. The summed E-state index contributed by atoms with van der Waals surface area (Å²) >= 11 is 0. The second-order valence-electron chi connectivity index (χ2n) is 9.60. The molecular formula is C21H30N2O6. The first-order chi connectivity index (χ1) is 13.8. The van der Waals surface area contributed by atoms with Crippen molar-refractivity contribution < 1.29 is 29.4 Å². The lowest BCUT2D eigenvalue weighted by molar-refractivity contribution is -0.150. The number of hydrogen-bond acceptors (Lipinski definition) is 4. The van der Waals surface area contributed by atoms with E-state index in [0.717, 1.165) is 38.5 Å². The van der Waals surface area contributed by atoms with Crippen LogP contribution in [0, 0.1) is 47.3 Å². The van der Waals surface area contributed by atoms with E-state index < -0.39 is 35.6 Å². The van der Waals surface area contributed by atoms with Crippen LogP contribution in [0.3, 0.4) is 0 Å². The lowest BCUT2D eigenvalue weighted by Gasteiger charge is -2.29. The molecule has 0 aromatic rings. The van der Waals surface area contributed by atoms with Crippen molar-refractivity contribution in [2.75, 3.05) is 6.54 Å². The molecule has 4 fully saturated rings. The van der Waals surface area contributed by atoms with Crippen LogP contribution >= 0.6 is 0 Å². The molecule has 0 spiro atoms. The predicted molar refractivity (Wildman–Crippen MR) is 102 cm³/mol. The van der Waals surface area contributed by atoms with Crippen molar-refractivity contribution in [3.8, 4) is 0 Å². The van der Waals surface area contributed by atoms with E-state index >= 15 is 0 Å². The number of amides is 2. The number of carbonyl (C=O) groups is 4. The van der Waals surface area contributed by atoms with Gasteiger partial charge in [0.25, 0.3) is 0 Å². The molecule has 0 saturated heterocycles. The SMILES string of the molecule is C[C@H](CNC(=O)[C@@H]1[C@H]2CC[C@@H](C2)[C@@H]1C(=O)O)NC(=O)[C@H]1[C@H]2CC[C@@H](C2)[C@H]1C(=O)O. The maximum Gasteiger partial charge on any atom is 0.307 e. The average molecular weight is 406 g/mol. The van der Waals surface area contributed by atoms with E-state index in [4.69, 9.17) is 0 Å². The Hall–Kier alpha value is -2.12. The summed E-state index contributed by atoms with van der Waals surface area (Å²) in [6.07, 6.45) is 5.18. The summed E-state index contributed by atoms with van der Waals surface area (Å²) in [6, 6.07) is -0.345. The fraction of sp³-hybridized carbons (Fsp3) is 0.810. The molecule has 0 aliphatic heterocycles. The van der Waals surface area contributed by atoms with Gasteiger partial charge in [-0.15, -0.1) is 0 Å². The third-order valence-corrected chi connectivity index (χ3v) is 7.98. The minimum absolute atomic E-state index is 0.0917. The molecule has 2 amide bonds. The summed E-state index contributed by atoms with van der Waals surface area (Å²) in [5.41, 5.74) is 0. The van der Waals surface area contributed by atoms with E-state index in [2.05, 4.69) is 10.6 Å². The van der Waals surface area contributed by atoms with Crippen molar-refractivity contribution in [2.45, 2.75) is 51.5 Å². The van der Waals surface area contributed by atoms with E-state index in [9.17, 15) is 29.4 Å². The van der Waals surface area contributed by atoms with Crippen molar-refractivity contribution in [2.24, 2.45) is 47.3 Å². The number of carboxylic acids is 2. The Balaban J connectivity index is 1.30. The molecule has 4 aliphatic rings. The smallest absolute Gasteiger partial charge is 0.307 e. The van der Waals surface area contributed by atoms with Gasteiger partial charge in [0.05, 0.1) is 23.7 Å². The van der Waals surface area contributed by atoms with E-state index in [-0.39, 0.29) is 48.1 Å². The van der Waals surface area contributed by atoms with E-state index in [1.807, 2.05) is 0 Å². The zero-order valence-corrected chi connectivity index (χ0v) is 16.7. The highest BCUT2D eigenvalue weighted by Gasteiger charge is 2.55. The lowest BCUT2D eigenvalue weighted by Crippen LogP contribution is -2.49. The second kappa shape index (κ2) is 7.61. The molecule has 8 nitrogen and oxygen atoms in total. The van der Waals surface area contributed by atoms with Crippen LogP contribution in [-0.4, -0.2) is 46.6 Å². The Morgan fingerprint density at radius 3 is 1.62 bits per heavy atom. The quantitative estimate of drug-likeness (QED) is 0.500. The average Bonchev–Trinajstić information content (AvgIpc) is 3.44. The highest BCUT2D eigenvalue weighted by atomic mass is 16.4. The first-order valence-electron chi connectivity index (χ1n) is 10.8. The van der Waals surface area contributed by atoms with Gasteiger partial charge in [-0.1, -0.05) is 0 Å². The molecule has 0 aromatic carbocycles. The van der Waals surface area contributed by atoms with Gasteiger partial charge in [-0.2, -0.15) is 0 Å². The number of carbonyl (C=O) groups excluding carboxylic acids is 2. The fourth-order valence-corrected chi connectivity index (χ4v) is 6.81. The third-order valence-electron chi connectivity index (χ3n) is 7.98. The zero-order valence-electron chi connectivity index (χ0n) is 16.7. The molecule has 0 heterocycles. The van der Waals surface area contributed by atoms with Gasteiger partial charge in [0.1, 0.15) is 0 Å². The Labute approximate surface area is 169 Å². The molecule has 160 valence electrons. The minimum Gasteiger partial charge on any atom is -0.481 e. The molecule has 0 unspecified atom stereocenters. The third kappa shape index (κ3) is 3.51. The van der Waals surface area contributed by atoms with Gasteiger partial charge < -0.3 is 20.8 Å². The van der Waals surface area contributed by atoms with Gasteiger partial charge in [-0.05, 0) is 69.1 Å². The van der Waals surface area contributed by atoms with Crippen molar-refractivity contribution in [1.82, 2.24) is 10.6 Å². The maximum absolute atomic E-state index is 12.7. The van der Waals surface area contributed by atoms with Crippen molar-refractivity contribution >= 4 is 23.8 Å². The minimum atomic E-state index is -0.894. The molecule has 29 heavy (non-hydrogen) atoms. The van der Waals surface area contributed by atoms with Crippen LogP contribution in [0.15, 0.2) is 0 Å². The Kier molecular flexibility index (Phi) is 5.29. The highest BCUT2D eigenvalue weighted by Crippen LogP contribution is 2.53.